The predicted octanol–water partition coefficient (Wildman–Crippen LogP) is 13.7. The Labute approximate surface area is 303 Å². The average Bonchev–Trinajstić information content (AvgIpc) is 3.84. The first kappa shape index (κ1) is 31.2. The first-order valence-electron chi connectivity index (χ1n) is 17.9. The summed E-state index contributed by atoms with van der Waals surface area (Å²) in [4.78, 5) is 4.87. The quantitative estimate of drug-likeness (QED) is 0.182. The van der Waals surface area contributed by atoms with Gasteiger partial charge >= 0.3 is 0 Å². The largest absolute Gasteiger partial charge is 0.309 e. The van der Waals surface area contributed by atoms with Gasteiger partial charge in [-0.1, -0.05) is 137 Å². The summed E-state index contributed by atoms with van der Waals surface area (Å²) < 4.78 is 3.63. The molecule has 0 amide bonds. The van der Waals surface area contributed by atoms with Crippen molar-refractivity contribution in [2.45, 2.75) is 33.1 Å². The zero-order valence-corrected chi connectivity index (χ0v) is 30.1. The molecular weight excluding hydrogens is 637 g/mol. The van der Waals surface area contributed by atoms with E-state index in [4.69, 9.17) is 4.98 Å². The lowest BCUT2D eigenvalue weighted by Gasteiger charge is -2.22. The molecule has 2 aromatic heterocycles. The van der Waals surface area contributed by atoms with E-state index in [1.165, 1.54) is 71.0 Å². The standard InChI is InChI=1S/C46H32N2S.C2H6/c1-46(2)39-13-7-6-12-35(39)36-23-20-32(27-40(36)46)31-22-25-42-38(26-31)37-24-21-33(28-43(37)48(42)34-10-4-3-5-11-34)29-16-18-30(19-17-29)45-47-41-14-8-9-15-44(41)49-45;1-2/h3-28H,1-2H3;1-2H3. The summed E-state index contributed by atoms with van der Waals surface area (Å²) in [5.41, 5.74) is 16.2. The maximum absolute atomic E-state index is 4.87. The van der Waals surface area contributed by atoms with Crippen molar-refractivity contribution in [3.8, 4) is 49.6 Å². The number of benzene rings is 7. The second-order valence-corrected chi connectivity index (χ2v) is 14.7. The van der Waals surface area contributed by atoms with Crippen LogP contribution in [-0.2, 0) is 5.41 Å². The zero-order valence-electron chi connectivity index (χ0n) is 29.3. The Bertz CT molecular complexity index is 2700. The Hall–Kier alpha value is -5.77. The predicted molar refractivity (Wildman–Crippen MR) is 219 cm³/mol. The van der Waals surface area contributed by atoms with Gasteiger partial charge in [0.15, 0.2) is 0 Å². The van der Waals surface area contributed by atoms with E-state index in [2.05, 4.69) is 170 Å². The Balaban J connectivity index is 0.00000171. The summed E-state index contributed by atoms with van der Waals surface area (Å²) in [7, 11) is 0. The molecule has 0 spiro atoms. The third-order valence-electron chi connectivity index (χ3n) is 10.5. The molecule has 0 aliphatic heterocycles. The van der Waals surface area contributed by atoms with E-state index >= 15 is 0 Å². The molecule has 0 bridgehead atoms. The summed E-state index contributed by atoms with van der Waals surface area (Å²) in [5.74, 6) is 0. The van der Waals surface area contributed by atoms with Crippen LogP contribution in [0.15, 0.2) is 158 Å². The second-order valence-electron chi connectivity index (χ2n) is 13.6. The molecule has 246 valence electrons. The Morgan fingerprint density at radius 3 is 1.94 bits per heavy atom. The van der Waals surface area contributed by atoms with Gasteiger partial charge in [0, 0.05) is 27.4 Å². The van der Waals surface area contributed by atoms with Gasteiger partial charge in [-0.25, -0.2) is 4.98 Å². The molecule has 10 rings (SSSR count). The summed E-state index contributed by atoms with van der Waals surface area (Å²) in [6, 6.07) is 57.7. The Kier molecular flexibility index (Phi) is 7.49. The number of hydrogen-bond acceptors (Lipinski definition) is 2. The smallest absolute Gasteiger partial charge is 0.124 e. The monoisotopic (exact) mass is 674 g/mol. The number of hydrogen-bond donors (Lipinski definition) is 0. The van der Waals surface area contributed by atoms with Gasteiger partial charge in [0.1, 0.15) is 5.01 Å². The zero-order chi connectivity index (χ0) is 34.7. The number of aromatic nitrogens is 2. The van der Waals surface area contributed by atoms with Crippen molar-refractivity contribution < 1.29 is 0 Å². The van der Waals surface area contributed by atoms with E-state index in [1.807, 2.05) is 19.9 Å². The van der Waals surface area contributed by atoms with Crippen molar-refractivity contribution >= 4 is 43.4 Å². The van der Waals surface area contributed by atoms with Crippen molar-refractivity contribution in [2.75, 3.05) is 0 Å². The minimum absolute atomic E-state index is 0.0294. The second kappa shape index (κ2) is 12.2. The number of nitrogens with zero attached hydrogens (tertiary/aromatic N) is 2. The molecule has 0 unspecified atom stereocenters. The highest BCUT2D eigenvalue weighted by molar-refractivity contribution is 7.21. The molecule has 2 nitrogen and oxygen atoms in total. The van der Waals surface area contributed by atoms with Gasteiger partial charge in [0.05, 0.1) is 21.3 Å². The van der Waals surface area contributed by atoms with E-state index in [9.17, 15) is 0 Å². The lowest BCUT2D eigenvalue weighted by molar-refractivity contribution is 0.660. The normalized spacial score (nSPS) is 12.9. The van der Waals surface area contributed by atoms with E-state index in [-0.39, 0.29) is 5.41 Å². The highest BCUT2D eigenvalue weighted by Gasteiger charge is 2.35. The van der Waals surface area contributed by atoms with E-state index in [0.29, 0.717) is 0 Å². The van der Waals surface area contributed by atoms with Crippen LogP contribution in [0, 0.1) is 0 Å². The van der Waals surface area contributed by atoms with Gasteiger partial charge in [0.25, 0.3) is 0 Å². The first-order valence-corrected chi connectivity index (χ1v) is 18.7. The van der Waals surface area contributed by atoms with Gasteiger partial charge in [-0.3, -0.25) is 0 Å². The lowest BCUT2D eigenvalue weighted by Crippen LogP contribution is -2.14. The molecule has 0 atom stereocenters. The van der Waals surface area contributed by atoms with Gasteiger partial charge < -0.3 is 4.57 Å². The minimum atomic E-state index is -0.0294. The fourth-order valence-electron chi connectivity index (χ4n) is 7.92. The van der Waals surface area contributed by atoms with Crippen LogP contribution < -0.4 is 0 Å². The maximum Gasteiger partial charge on any atom is 0.124 e. The molecule has 7 aromatic carbocycles. The average molecular weight is 675 g/mol. The van der Waals surface area contributed by atoms with E-state index in [0.717, 1.165) is 21.8 Å². The van der Waals surface area contributed by atoms with Crippen LogP contribution in [0.2, 0.25) is 0 Å². The topological polar surface area (TPSA) is 17.8 Å². The number of rotatable bonds is 4. The third-order valence-corrected chi connectivity index (χ3v) is 11.5. The first-order chi connectivity index (χ1) is 25.0. The van der Waals surface area contributed by atoms with Crippen LogP contribution in [0.1, 0.15) is 38.8 Å². The van der Waals surface area contributed by atoms with Gasteiger partial charge in [0.2, 0.25) is 0 Å². The van der Waals surface area contributed by atoms with E-state index < -0.39 is 0 Å². The van der Waals surface area contributed by atoms with Crippen molar-refractivity contribution in [1.82, 2.24) is 9.55 Å². The molecule has 1 aliphatic carbocycles. The molecule has 51 heavy (non-hydrogen) atoms. The summed E-state index contributed by atoms with van der Waals surface area (Å²) in [6.45, 7) is 8.70. The SMILES string of the molecule is CC.CC1(C)c2ccccc2-c2ccc(-c3ccc4c(c3)c3ccc(-c5ccc(-c6nc7ccccc7s6)cc5)cc3n4-c3ccccc3)cc21. The number of fused-ring (bicyclic) bond motifs is 7. The van der Waals surface area contributed by atoms with Crippen LogP contribution in [-0.4, -0.2) is 9.55 Å². The van der Waals surface area contributed by atoms with Crippen LogP contribution in [0.5, 0.6) is 0 Å². The summed E-state index contributed by atoms with van der Waals surface area (Å²) in [5, 5.41) is 3.57. The van der Waals surface area contributed by atoms with Crippen LogP contribution >= 0.6 is 11.3 Å². The maximum atomic E-state index is 4.87. The van der Waals surface area contributed by atoms with Crippen molar-refractivity contribution in [1.29, 1.82) is 0 Å². The molecule has 0 radical (unpaired) electrons. The molecule has 1 aliphatic rings. The lowest BCUT2D eigenvalue weighted by atomic mass is 9.81. The van der Waals surface area contributed by atoms with Gasteiger partial charge in [-0.2, -0.15) is 0 Å². The minimum Gasteiger partial charge on any atom is -0.309 e. The molecule has 2 heterocycles. The Morgan fingerprint density at radius 1 is 0.490 bits per heavy atom. The van der Waals surface area contributed by atoms with E-state index in [1.54, 1.807) is 11.3 Å². The molecule has 9 aromatic rings. The summed E-state index contributed by atoms with van der Waals surface area (Å²) in [6.07, 6.45) is 0. The molecular formula is C48H38N2S. The van der Waals surface area contributed by atoms with Gasteiger partial charge in [-0.15, -0.1) is 11.3 Å². The van der Waals surface area contributed by atoms with Crippen LogP contribution in [0.3, 0.4) is 0 Å². The number of thiazole rings is 1. The van der Waals surface area contributed by atoms with Crippen molar-refractivity contribution in [3.05, 3.63) is 169 Å². The fraction of sp³-hybridized carbons (Fsp3) is 0.104. The fourth-order valence-corrected chi connectivity index (χ4v) is 8.89. The van der Waals surface area contributed by atoms with Crippen LogP contribution in [0.25, 0.3) is 81.7 Å². The highest BCUT2D eigenvalue weighted by Crippen LogP contribution is 2.49. The van der Waals surface area contributed by atoms with Crippen molar-refractivity contribution in [2.24, 2.45) is 0 Å². The number of para-hydroxylation sites is 2. The Morgan fingerprint density at radius 2 is 1.12 bits per heavy atom. The van der Waals surface area contributed by atoms with Gasteiger partial charge in [-0.05, 0) is 93.0 Å². The third kappa shape index (κ3) is 5.03. The molecule has 3 heteroatoms. The highest BCUT2D eigenvalue weighted by atomic mass is 32.1. The van der Waals surface area contributed by atoms with Crippen LogP contribution in [0.4, 0.5) is 0 Å². The molecule has 0 saturated carbocycles. The molecule has 0 fully saturated rings. The summed E-state index contributed by atoms with van der Waals surface area (Å²) >= 11 is 1.74. The molecule has 0 saturated heterocycles. The van der Waals surface area contributed by atoms with Crippen molar-refractivity contribution in [3.63, 3.8) is 0 Å². The molecule has 0 N–H and O–H groups in total.